The molecular formula is C21H43IO3Si. The first kappa shape index (κ1) is 24.9. The van der Waals surface area contributed by atoms with Crippen molar-refractivity contribution in [3.8, 4) is 0 Å². The summed E-state index contributed by atoms with van der Waals surface area (Å²) in [5, 5.41) is 0.326. The number of halogens is 1. The minimum atomic E-state index is -1.55. The second kappa shape index (κ2) is 13.1. The standard InChI is InChI=1S/C21H43IO3Si/c1-21(2,3)26(4,5)24-17-12-9-7-6-8-10-14-19(18-22)25-20-15-11-13-16-23-20/h19-20H,6-18H2,1-5H3. The maximum absolute atomic E-state index is 6.25. The van der Waals surface area contributed by atoms with E-state index in [2.05, 4.69) is 56.5 Å². The Morgan fingerprint density at radius 2 is 1.69 bits per heavy atom. The van der Waals surface area contributed by atoms with Gasteiger partial charge in [0.1, 0.15) is 0 Å². The summed E-state index contributed by atoms with van der Waals surface area (Å²) in [6.45, 7) is 13.4. The van der Waals surface area contributed by atoms with E-state index in [9.17, 15) is 0 Å². The zero-order valence-electron chi connectivity index (χ0n) is 17.9. The number of hydrogen-bond donors (Lipinski definition) is 0. The maximum atomic E-state index is 6.25. The Bertz CT molecular complexity index is 352. The first-order valence-electron chi connectivity index (χ1n) is 10.7. The summed E-state index contributed by atoms with van der Waals surface area (Å²) in [7, 11) is -1.55. The minimum Gasteiger partial charge on any atom is -0.417 e. The van der Waals surface area contributed by atoms with Crippen LogP contribution in [0.25, 0.3) is 0 Å². The van der Waals surface area contributed by atoms with Gasteiger partial charge in [0.2, 0.25) is 0 Å². The molecule has 0 aromatic rings. The normalized spacial score (nSPS) is 20.3. The lowest BCUT2D eigenvalue weighted by Gasteiger charge is -2.36. The van der Waals surface area contributed by atoms with Crippen LogP contribution in [0.3, 0.4) is 0 Å². The summed E-state index contributed by atoms with van der Waals surface area (Å²) in [5.74, 6) is 0. The Balaban J connectivity index is 1.98. The molecule has 1 aliphatic rings. The van der Waals surface area contributed by atoms with Crippen molar-refractivity contribution in [3.63, 3.8) is 0 Å². The molecule has 1 saturated heterocycles. The van der Waals surface area contributed by atoms with Gasteiger partial charge in [-0.1, -0.05) is 75.5 Å². The van der Waals surface area contributed by atoms with E-state index < -0.39 is 8.32 Å². The van der Waals surface area contributed by atoms with Crippen molar-refractivity contribution in [1.29, 1.82) is 0 Å². The number of ether oxygens (including phenoxy) is 2. The van der Waals surface area contributed by atoms with Gasteiger partial charge in [0, 0.05) is 17.6 Å². The van der Waals surface area contributed by atoms with E-state index in [4.69, 9.17) is 13.9 Å². The zero-order valence-corrected chi connectivity index (χ0v) is 21.1. The molecule has 1 fully saturated rings. The molecule has 3 nitrogen and oxygen atoms in total. The molecule has 0 N–H and O–H groups in total. The van der Waals surface area contributed by atoms with E-state index in [1.807, 2.05) is 0 Å². The Labute approximate surface area is 177 Å². The molecule has 0 spiro atoms. The van der Waals surface area contributed by atoms with Crippen LogP contribution in [0.15, 0.2) is 0 Å². The Morgan fingerprint density at radius 3 is 2.27 bits per heavy atom. The highest BCUT2D eigenvalue weighted by Gasteiger charge is 2.36. The summed E-state index contributed by atoms with van der Waals surface area (Å²) in [6.07, 6.45) is 12.9. The number of unbranched alkanes of at least 4 members (excludes halogenated alkanes) is 5. The van der Waals surface area contributed by atoms with Gasteiger partial charge >= 0.3 is 0 Å². The molecule has 0 radical (unpaired) electrons. The minimum absolute atomic E-state index is 0.0596. The maximum Gasteiger partial charge on any atom is 0.191 e. The van der Waals surface area contributed by atoms with Crippen LogP contribution < -0.4 is 0 Å². The van der Waals surface area contributed by atoms with E-state index in [1.165, 1.54) is 57.8 Å². The fourth-order valence-electron chi connectivity index (χ4n) is 2.94. The monoisotopic (exact) mass is 498 g/mol. The third-order valence-corrected chi connectivity index (χ3v) is 11.4. The second-order valence-electron chi connectivity index (χ2n) is 9.23. The molecule has 0 amide bonds. The molecule has 1 rings (SSSR count). The van der Waals surface area contributed by atoms with Gasteiger partial charge in [0.05, 0.1) is 6.10 Å². The average molecular weight is 499 g/mol. The summed E-state index contributed by atoms with van der Waals surface area (Å²) >= 11 is 2.45. The predicted molar refractivity (Wildman–Crippen MR) is 123 cm³/mol. The fraction of sp³-hybridized carbons (Fsp3) is 1.00. The highest BCUT2D eigenvalue weighted by atomic mass is 127. The van der Waals surface area contributed by atoms with Crippen molar-refractivity contribution in [1.82, 2.24) is 0 Å². The molecule has 0 saturated carbocycles. The van der Waals surface area contributed by atoms with Crippen LogP contribution in [0, 0.1) is 0 Å². The SMILES string of the molecule is CC(C)(C)[Si](C)(C)OCCCCCCCCC(CI)OC1CCCCO1. The van der Waals surface area contributed by atoms with E-state index in [0.29, 0.717) is 11.1 Å². The summed E-state index contributed by atoms with van der Waals surface area (Å²) in [5.41, 5.74) is 0. The quantitative estimate of drug-likeness (QED) is 0.117. The summed E-state index contributed by atoms with van der Waals surface area (Å²) in [4.78, 5) is 0. The third-order valence-electron chi connectivity index (χ3n) is 5.84. The average Bonchev–Trinajstić information content (AvgIpc) is 2.59. The van der Waals surface area contributed by atoms with Gasteiger partial charge in [-0.15, -0.1) is 0 Å². The molecule has 156 valence electrons. The third kappa shape index (κ3) is 10.4. The van der Waals surface area contributed by atoms with Crippen molar-refractivity contribution in [2.24, 2.45) is 0 Å². The molecule has 2 atom stereocenters. The lowest BCUT2D eigenvalue weighted by molar-refractivity contribution is -0.184. The molecule has 5 heteroatoms. The van der Waals surface area contributed by atoms with E-state index in [-0.39, 0.29) is 6.29 Å². The molecule has 1 aliphatic heterocycles. The highest BCUT2D eigenvalue weighted by Crippen LogP contribution is 2.36. The fourth-order valence-corrected chi connectivity index (χ4v) is 4.68. The molecule has 2 unspecified atom stereocenters. The van der Waals surface area contributed by atoms with Crippen molar-refractivity contribution < 1.29 is 13.9 Å². The van der Waals surface area contributed by atoms with Crippen LogP contribution in [0.4, 0.5) is 0 Å². The molecule has 0 bridgehead atoms. The van der Waals surface area contributed by atoms with Crippen molar-refractivity contribution in [2.45, 2.75) is 116 Å². The molecule has 0 aliphatic carbocycles. The van der Waals surface area contributed by atoms with Gasteiger partial charge in [-0.2, -0.15) is 0 Å². The Morgan fingerprint density at radius 1 is 1.04 bits per heavy atom. The van der Waals surface area contributed by atoms with Crippen molar-refractivity contribution in [2.75, 3.05) is 17.6 Å². The van der Waals surface area contributed by atoms with E-state index >= 15 is 0 Å². The van der Waals surface area contributed by atoms with Crippen LogP contribution >= 0.6 is 22.6 Å². The van der Waals surface area contributed by atoms with Gasteiger partial charge < -0.3 is 13.9 Å². The first-order chi connectivity index (χ1) is 12.3. The van der Waals surface area contributed by atoms with E-state index in [0.717, 1.165) is 24.1 Å². The van der Waals surface area contributed by atoms with Crippen LogP contribution in [0.2, 0.25) is 18.1 Å². The summed E-state index contributed by atoms with van der Waals surface area (Å²) < 4.78 is 19.1. The van der Waals surface area contributed by atoms with Gasteiger partial charge in [-0.05, 0) is 50.2 Å². The van der Waals surface area contributed by atoms with Crippen molar-refractivity contribution >= 4 is 30.9 Å². The number of alkyl halides is 1. The van der Waals surface area contributed by atoms with Gasteiger partial charge in [-0.25, -0.2) is 0 Å². The largest absolute Gasteiger partial charge is 0.417 e. The Hall–Kier alpha value is 0.827. The smallest absolute Gasteiger partial charge is 0.191 e. The molecule has 0 aromatic heterocycles. The highest BCUT2D eigenvalue weighted by molar-refractivity contribution is 14.1. The molecule has 0 aromatic carbocycles. The van der Waals surface area contributed by atoms with Gasteiger partial charge in [0.15, 0.2) is 14.6 Å². The molecule has 1 heterocycles. The Kier molecular flexibility index (Phi) is 12.6. The molecule has 26 heavy (non-hydrogen) atoms. The van der Waals surface area contributed by atoms with Crippen molar-refractivity contribution in [3.05, 3.63) is 0 Å². The summed E-state index contributed by atoms with van der Waals surface area (Å²) in [6, 6.07) is 0. The topological polar surface area (TPSA) is 27.7 Å². The number of hydrogen-bond acceptors (Lipinski definition) is 3. The lowest BCUT2D eigenvalue weighted by Crippen LogP contribution is -2.40. The van der Waals surface area contributed by atoms with E-state index in [1.54, 1.807) is 0 Å². The molecular weight excluding hydrogens is 455 g/mol. The van der Waals surface area contributed by atoms with Gasteiger partial charge in [-0.3, -0.25) is 0 Å². The number of rotatable bonds is 13. The zero-order chi connectivity index (χ0) is 19.5. The van der Waals surface area contributed by atoms with Gasteiger partial charge in [0.25, 0.3) is 0 Å². The van der Waals surface area contributed by atoms with Crippen LogP contribution in [-0.4, -0.2) is 38.4 Å². The predicted octanol–water partition coefficient (Wildman–Crippen LogP) is 7.09. The first-order valence-corrected chi connectivity index (χ1v) is 15.2. The van der Waals surface area contributed by atoms with Crippen LogP contribution in [0.1, 0.15) is 85.0 Å². The second-order valence-corrected chi connectivity index (χ2v) is 14.9. The van der Waals surface area contributed by atoms with Crippen LogP contribution in [0.5, 0.6) is 0 Å². The van der Waals surface area contributed by atoms with Crippen LogP contribution in [-0.2, 0) is 13.9 Å². The lowest BCUT2D eigenvalue weighted by atomic mass is 10.1.